The quantitative estimate of drug-likeness (QED) is 0.890. The molecule has 2 N–H and O–H groups in total. The number of piperidine rings is 1. The first kappa shape index (κ1) is 14.1. The van der Waals surface area contributed by atoms with E-state index < -0.39 is 0 Å². The minimum absolute atomic E-state index is 0.217. The van der Waals surface area contributed by atoms with Crippen molar-refractivity contribution in [1.29, 1.82) is 0 Å². The summed E-state index contributed by atoms with van der Waals surface area (Å²) in [5.41, 5.74) is 0.875. The van der Waals surface area contributed by atoms with Gasteiger partial charge in [-0.25, -0.2) is 0 Å². The van der Waals surface area contributed by atoms with Crippen LogP contribution in [0.15, 0.2) is 28.7 Å². The molecule has 1 aromatic rings. The molecule has 1 saturated carbocycles. The number of nitrogens with one attached hydrogen (secondary N) is 2. The van der Waals surface area contributed by atoms with Crippen LogP contribution in [0.25, 0.3) is 0 Å². The van der Waals surface area contributed by atoms with Gasteiger partial charge in [0.25, 0.3) is 0 Å². The van der Waals surface area contributed by atoms with Gasteiger partial charge in [-0.05, 0) is 56.0 Å². The highest BCUT2D eigenvalue weighted by atomic mass is 79.9. The molecule has 3 rings (SSSR count). The summed E-state index contributed by atoms with van der Waals surface area (Å²) in [5, 5.41) is 6.67. The third-order valence-corrected chi connectivity index (χ3v) is 5.16. The first-order chi connectivity index (χ1) is 9.62. The van der Waals surface area contributed by atoms with Crippen molar-refractivity contribution in [1.82, 2.24) is 10.6 Å². The highest BCUT2D eigenvalue weighted by Crippen LogP contribution is 2.49. The van der Waals surface area contributed by atoms with Gasteiger partial charge in [-0.2, -0.15) is 0 Å². The maximum atomic E-state index is 12.7. The average molecular weight is 337 g/mol. The third-order valence-electron chi connectivity index (χ3n) is 4.66. The van der Waals surface area contributed by atoms with Gasteiger partial charge in [0.05, 0.1) is 5.41 Å². The fraction of sp³-hybridized carbons (Fsp3) is 0.562. The van der Waals surface area contributed by atoms with Gasteiger partial charge in [0.15, 0.2) is 0 Å². The van der Waals surface area contributed by atoms with E-state index in [1.54, 1.807) is 0 Å². The lowest BCUT2D eigenvalue weighted by Crippen LogP contribution is -2.50. The molecule has 0 spiro atoms. The van der Waals surface area contributed by atoms with E-state index in [-0.39, 0.29) is 11.3 Å². The molecule has 0 aromatic heterocycles. The molecule has 4 heteroatoms. The molecule has 2 aliphatic rings. The summed E-state index contributed by atoms with van der Waals surface area (Å²) < 4.78 is 1.05. The predicted molar refractivity (Wildman–Crippen MR) is 83.6 cm³/mol. The molecule has 1 aromatic carbocycles. The Morgan fingerprint density at radius 2 is 2.25 bits per heavy atom. The third kappa shape index (κ3) is 2.63. The van der Waals surface area contributed by atoms with Crippen molar-refractivity contribution in [2.24, 2.45) is 5.92 Å². The van der Waals surface area contributed by atoms with Gasteiger partial charge in [0.1, 0.15) is 0 Å². The van der Waals surface area contributed by atoms with Gasteiger partial charge in [-0.1, -0.05) is 35.0 Å². The predicted octanol–water partition coefficient (Wildman–Crippen LogP) is 2.59. The van der Waals surface area contributed by atoms with Crippen LogP contribution < -0.4 is 10.6 Å². The maximum absolute atomic E-state index is 12.7. The second-order valence-electron chi connectivity index (χ2n) is 6.14. The topological polar surface area (TPSA) is 41.1 Å². The molecule has 1 saturated heterocycles. The monoisotopic (exact) mass is 336 g/mol. The molecule has 108 valence electrons. The summed E-state index contributed by atoms with van der Waals surface area (Å²) in [6.45, 7) is 4.20. The zero-order valence-corrected chi connectivity index (χ0v) is 13.4. The van der Waals surface area contributed by atoms with Crippen LogP contribution in [0.1, 0.15) is 31.7 Å². The van der Waals surface area contributed by atoms with Crippen molar-refractivity contribution in [2.45, 2.75) is 37.6 Å². The van der Waals surface area contributed by atoms with Crippen molar-refractivity contribution < 1.29 is 4.79 Å². The number of amides is 1. The van der Waals surface area contributed by atoms with Crippen LogP contribution in [0.5, 0.6) is 0 Å². The van der Waals surface area contributed by atoms with E-state index >= 15 is 0 Å². The zero-order valence-electron chi connectivity index (χ0n) is 11.8. The number of rotatable bonds is 3. The SMILES string of the molecule is CC1CNCCC1NC(=O)C1(c2cccc(Br)c2)CC1. The summed E-state index contributed by atoms with van der Waals surface area (Å²) in [6.07, 6.45) is 2.96. The lowest BCUT2D eigenvalue weighted by molar-refractivity contribution is -0.124. The van der Waals surface area contributed by atoms with Crippen LogP contribution in [0.3, 0.4) is 0 Å². The van der Waals surface area contributed by atoms with Gasteiger partial charge < -0.3 is 10.6 Å². The molecule has 2 fully saturated rings. The lowest BCUT2D eigenvalue weighted by atomic mass is 9.91. The second-order valence-corrected chi connectivity index (χ2v) is 7.06. The second kappa shape index (κ2) is 5.49. The van der Waals surface area contributed by atoms with Gasteiger partial charge >= 0.3 is 0 Å². The molecule has 0 radical (unpaired) electrons. The Hall–Kier alpha value is -0.870. The number of hydrogen-bond donors (Lipinski definition) is 2. The minimum Gasteiger partial charge on any atom is -0.352 e. The van der Waals surface area contributed by atoms with Crippen molar-refractivity contribution in [3.8, 4) is 0 Å². The number of carbonyl (C=O) groups is 1. The molecule has 3 nitrogen and oxygen atoms in total. The molecule has 0 bridgehead atoms. The largest absolute Gasteiger partial charge is 0.352 e. The van der Waals surface area contributed by atoms with Crippen molar-refractivity contribution >= 4 is 21.8 Å². The van der Waals surface area contributed by atoms with Crippen molar-refractivity contribution in [3.05, 3.63) is 34.3 Å². The smallest absolute Gasteiger partial charge is 0.230 e. The van der Waals surface area contributed by atoms with E-state index in [1.165, 1.54) is 0 Å². The molecular formula is C16H21BrN2O. The summed E-state index contributed by atoms with van der Waals surface area (Å²) in [5.74, 6) is 0.723. The zero-order chi connectivity index (χ0) is 14.2. The van der Waals surface area contributed by atoms with Crippen LogP contribution >= 0.6 is 15.9 Å². The Kier molecular flexibility index (Phi) is 3.87. The van der Waals surface area contributed by atoms with Crippen molar-refractivity contribution in [3.63, 3.8) is 0 Å². The highest BCUT2D eigenvalue weighted by molar-refractivity contribution is 9.10. The normalized spacial score (nSPS) is 27.9. The van der Waals surface area contributed by atoms with E-state index in [9.17, 15) is 4.79 Å². The fourth-order valence-corrected chi connectivity index (χ4v) is 3.49. The molecule has 1 aliphatic heterocycles. The average Bonchev–Trinajstić information content (AvgIpc) is 3.23. The lowest BCUT2D eigenvalue weighted by Gasteiger charge is -2.31. The molecule has 1 aliphatic carbocycles. The number of halogens is 1. The first-order valence-corrected chi connectivity index (χ1v) is 8.19. The summed E-state index contributed by atoms with van der Waals surface area (Å²) in [7, 11) is 0. The summed E-state index contributed by atoms with van der Waals surface area (Å²) in [6, 6.07) is 8.49. The molecular weight excluding hydrogens is 316 g/mol. The number of hydrogen-bond acceptors (Lipinski definition) is 2. The van der Waals surface area contributed by atoms with E-state index in [2.05, 4.69) is 45.6 Å². The van der Waals surface area contributed by atoms with Gasteiger partial charge in [-0.3, -0.25) is 4.79 Å². The van der Waals surface area contributed by atoms with E-state index in [4.69, 9.17) is 0 Å². The Morgan fingerprint density at radius 3 is 2.90 bits per heavy atom. The van der Waals surface area contributed by atoms with Gasteiger partial charge in [0, 0.05) is 10.5 Å². The minimum atomic E-state index is -0.269. The van der Waals surface area contributed by atoms with E-state index in [0.29, 0.717) is 12.0 Å². The van der Waals surface area contributed by atoms with Gasteiger partial charge in [-0.15, -0.1) is 0 Å². The molecule has 1 amide bonds. The maximum Gasteiger partial charge on any atom is 0.230 e. The standard InChI is InChI=1S/C16H21BrN2O/c1-11-10-18-8-5-14(11)19-15(20)16(6-7-16)12-3-2-4-13(17)9-12/h2-4,9,11,14,18H,5-8,10H2,1H3,(H,19,20). The van der Waals surface area contributed by atoms with Crippen LogP contribution in [-0.2, 0) is 10.2 Å². The Bertz CT molecular complexity index is 513. The first-order valence-electron chi connectivity index (χ1n) is 7.39. The highest BCUT2D eigenvalue weighted by Gasteiger charge is 2.51. The van der Waals surface area contributed by atoms with Crippen LogP contribution in [0.2, 0.25) is 0 Å². The Balaban J connectivity index is 1.73. The number of carbonyl (C=O) groups excluding carboxylic acids is 1. The number of benzene rings is 1. The van der Waals surface area contributed by atoms with Crippen LogP contribution in [0.4, 0.5) is 0 Å². The molecule has 20 heavy (non-hydrogen) atoms. The summed E-state index contributed by atoms with van der Waals surface area (Å²) in [4.78, 5) is 12.7. The van der Waals surface area contributed by atoms with E-state index in [1.807, 2.05) is 12.1 Å². The molecule has 2 unspecified atom stereocenters. The van der Waals surface area contributed by atoms with Crippen LogP contribution in [0, 0.1) is 5.92 Å². The van der Waals surface area contributed by atoms with Crippen LogP contribution in [-0.4, -0.2) is 25.0 Å². The van der Waals surface area contributed by atoms with Gasteiger partial charge in [0.2, 0.25) is 5.91 Å². The molecule has 1 heterocycles. The molecule has 2 atom stereocenters. The van der Waals surface area contributed by atoms with Crippen molar-refractivity contribution in [2.75, 3.05) is 13.1 Å². The Labute approximate surface area is 128 Å². The Morgan fingerprint density at radius 1 is 1.45 bits per heavy atom. The fourth-order valence-electron chi connectivity index (χ4n) is 3.09. The summed E-state index contributed by atoms with van der Waals surface area (Å²) >= 11 is 3.50. The van der Waals surface area contributed by atoms with E-state index in [0.717, 1.165) is 42.4 Å².